The number of likely N-dealkylation sites (tertiary alicyclic amines) is 1. The quantitative estimate of drug-likeness (QED) is 0.272. The van der Waals surface area contributed by atoms with Gasteiger partial charge in [0.15, 0.2) is 23.2 Å². The largest absolute Gasteiger partial charge is 0.454 e. The fraction of sp³-hybridized carbons (Fsp3) is 0.387. The third-order valence-corrected chi connectivity index (χ3v) is 7.73. The second-order valence-electron chi connectivity index (χ2n) is 10.6. The van der Waals surface area contributed by atoms with Crippen molar-refractivity contribution >= 4 is 36.4 Å². The Morgan fingerprint density at radius 3 is 2.32 bits per heavy atom. The van der Waals surface area contributed by atoms with Gasteiger partial charge in [-0.25, -0.2) is 13.2 Å². The van der Waals surface area contributed by atoms with Crippen LogP contribution in [-0.2, 0) is 11.3 Å². The minimum absolute atomic E-state index is 0. The average Bonchev–Trinajstić information content (AvgIpc) is 2.95. The average molecular weight is 611 g/mol. The first-order chi connectivity index (χ1) is 18.9. The molecule has 0 saturated carbocycles. The van der Waals surface area contributed by atoms with E-state index in [2.05, 4.69) is 34.6 Å². The zero-order chi connectivity index (χ0) is 27.4. The summed E-state index contributed by atoms with van der Waals surface area (Å²) in [6, 6.07) is 14.5. The van der Waals surface area contributed by atoms with Crippen molar-refractivity contribution in [2.75, 3.05) is 25.0 Å². The normalized spacial score (nSPS) is 17.7. The van der Waals surface area contributed by atoms with Gasteiger partial charge in [0.2, 0.25) is 5.91 Å². The number of aryl methyl sites for hydroxylation is 1. The molecular weight excluding hydrogens is 574 g/mol. The van der Waals surface area contributed by atoms with Crippen molar-refractivity contribution in [1.82, 2.24) is 10.2 Å². The van der Waals surface area contributed by atoms with E-state index in [9.17, 15) is 18.0 Å². The molecule has 2 heterocycles. The maximum absolute atomic E-state index is 13.9. The highest BCUT2D eigenvalue weighted by atomic mass is 35.5. The second-order valence-corrected chi connectivity index (χ2v) is 10.6. The van der Waals surface area contributed by atoms with Crippen molar-refractivity contribution in [3.63, 3.8) is 0 Å². The molecule has 1 atom stereocenters. The van der Waals surface area contributed by atoms with Gasteiger partial charge in [0.1, 0.15) is 5.75 Å². The fourth-order valence-corrected chi connectivity index (χ4v) is 5.50. The van der Waals surface area contributed by atoms with Crippen LogP contribution in [0.4, 0.5) is 18.9 Å². The van der Waals surface area contributed by atoms with Crippen molar-refractivity contribution in [2.24, 2.45) is 0 Å². The third kappa shape index (κ3) is 8.38. The predicted molar refractivity (Wildman–Crippen MR) is 160 cm³/mol. The number of ether oxygens (including phenoxy) is 1. The molecule has 0 aliphatic carbocycles. The molecule has 3 aromatic rings. The molecule has 2 N–H and O–H groups in total. The lowest BCUT2D eigenvalue weighted by Gasteiger charge is -2.33. The number of halogens is 5. The number of nitrogens with one attached hydrogen (secondary N) is 2. The summed E-state index contributed by atoms with van der Waals surface area (Å²) in [7, 11) is 0. The van der Waals surface area contributed by atoms with Gasteiger partial charge in [-0.05, 0) is 99.1 Å². The maximum atomic E-state index is 13.9. The van der Waals surface area contributed by atoms with Gasteiger partial charge >= 0.3 is 0 Å². The summed E-state index contributed by atoms with van der Waals surface area (Å²) in [4.78, 5) is 15.1. The number of hydrogen-bond donors (Lipinski definition) is 2. The Kier molecular flexibility index (Phi) is 11.9. The second kappa shape index (κ2) is 14.9. The summed E-state index contributed by atoms with van der Waals surface area (Å²) < 4.78 is 45.9. The molecule has 0 aromatic heterocycles. The van der Waals surface area contributed by atoms with E-state index < -0.39 is 17.5 Å². The summed E-state index contributed by atoms with van der Waals surface area (Å²) in [5, 5.41) is 6.42. The molecule has 3 aromatic carbocycles. The van der Waals surface area contributed by atoms with E-state index >= 15 is 0 Å². The SMILES string of the molecule is Cc1ccc(NC(=O)C2CCCCN2)cc1C1CCN(Cc2ccc(Oc3cc(F)c(F)cc3F)cc2)CC1.Cl.Cl. The molecule has 0 bridgehead atoms. The first kappa shape index (κ1) is 32.7. The molecule has 2 aliphatic rings. The number of benzene rings is 3. The van der Waals surface area contributed by atoms with Gasteiger partial charge in [-0.15, -0.1) is 24.8 Å². The maximum Gasteiger partial charge on any atom is 0.241 e. The number of hydrogen-bond acceptors (Lipinski definition) is 4. The molecule has 5 rings (SSSR count). The van der Waals surface area contributed by atoms with Crippen LogP contribution in [0, 0.1) is 24.4 Å². The molecule has 2 saturated heterocycles. The molecule has 41 heavy (non-hydrogen) atoms. The molecule has 0 spiro atoms. The first-order valence-electron chi connectivity index (χ1n) is 13.6. The van der Waals surface area contributed by atoms with Crippen molar-refractivity contribution in [3.8, 4) is 11.5 Å². The molecule has 0 radical (unpaired) electrons. The predicted octanol–water partition coefficient (Wildman–Crippen LogP) is 7.51. The van der Waals surface area contributed by atoms with Crippen LogP contribution in [0.3, 0.4) is 0 Å². The van der Waals surface area contributed by atoms with Crippen molar-refractivity contribution in [3.05, 3.63) is 88.7 Å². The Labute approximate surface area is 251 Å². The molecule has 2 fully saturated rings. The highest BCUT2D eigenvalue weighted by molar-refractivity contribution is 5.95. The van der Waals surface area contributed by atoms with E-state index in [0.717, 1.165) is 69.5 Å². The molecule has 222 valence electrons. The monoisotopic (exact) mass is 609 g/mol. The number of piperidine rings is 2. The van der Waals surface area contributed by atoms with Crippen LogP contribution < -0.4 is 15.4 Å². The van der Waals surface area contributed by atoms with E-state index in [1.807, 2.05) is 18.2 Å². The van der Waals surface area contributed by atoms with Crippen LogP contribution in [0.25, 0.3) is 0 Å². The standard InChI is InChI=1S/C31H34F3N3O2.2ClH/c1-20-5-8-23(36-31(38)29-4-2-3-13-35-29)16-25(20)22-11-14-37(15-12-22)19-21-6-9-24(10-7-21)39-30-18-27(33)26(32)17-28(30)34;;/h5-10,16-18,22,29,35H,2-4,11-15,19H2,1H3,(H,36,38);2*1H. The zero-order valence-electron chi connectivity index (χ0n) is 22.9. The number of carbonyl (C=O) groups is 1. The molecular formula is C31H36Cl2F3N3O2. The first-order valence-corrected chi connectivity index (χ1v) is 13.6. The summed E-state index contributed by atoms with van der Waals surface area (Å²) in [6.45, 7) is 5.70. The van der Waals surface area contributed by atoms with Gasteiger partial charge in [0, 0.05) is 24.4 Å². The van der Waals surface area contributed by atoms with Crippen LogP contribution in [0.15, 0.2) is 54.6 Å². The van der Waals surface area contributed by atoms with E-state index in [1.165, 1.54) is 11.1 Å². The third-order valence-electron chi connectivity index (χ3n) is 7.73. The summed E-state index contributed by atoms with van der Waals surface area (Å²) in [5.41, 5.74) is 4.50. The van der Waals surface area contributed by atoms with Gasteiger partial charge < -0.3 is 15.4 Å². The van der Waals surface area contributed by atoms with Gasteiger partial charge in [0.05, 0.1) is 6.04 Å². The minimum Gasteiger partial charge on any atom is -0.454 e. The van der Waals surface area contributed by atoms with Gasteiger partial charge in [0.25, 0.3) is 0 Å². The topological polar surface area (TPSA) is 53.6 Å². The number of rotatable bonds is 7. The van der Waals surface area contributed by atoms with Crippen LogP contribution in [0.1, 0.15) is 54.7 Å². The Hall–Kier alpha value is -2.78. The summed E-state index contributed by atoms with van der Waals surface area (Å²) >= 11 is 0. The smallest absolute Gasteiger partial charge is 0.241 e. The fourth-order valence-electron chi connectivity index (χ4n) is 5.50. The highest BCUT2D eigenvalue weighted by Crippen LogP contribution is 2.33. The van der Waals surface area contributed by atoms with Crippen LogP contribution in [0.2, 0.25) is 0 Å². The van der Waals surface area contributed by atoms with Crippen LogP contribution in [-0.4, -0.2) is 36.5 Å². The number of anilines is 1. The zero-order valence-corrected chi connectivity index (χ0v) is 24.6. The Morgan fingerprint density at radius 1 is 0.927 bits per heavy atom. The number of amides is 1. The van der Waals surface area contributed by atoms with E-state index in [-0.39, 0.29) is 42.5 Å². The molecule has 1 amide bonds. The summed E-state index contributed by atoms with van der Waals surface area (Å²) in [5.74, 6) is -2.88. The molecule has 5 nitrogen and oxygen atoms in total. The summed E-state index contributed by atoms with van der Waals surface area (Å²) in [6.07, 6.45) is 5.14. The molecule has 1 unspecified atom stereocenters. The van der Waals surface area contributed by atoms with E-state index in [1.54, 1.807) is 12.1 Å². The lowest BCUT2D eigenvalue weighted by molar-refractivity contribution is -0.118. The van der Waals surface area contributed by atoms with E-state index in [0.29, 0.717) is 23.8 Å². The Bertz CT molecular complexity index is 1310. The lowest BCUT2D eigenvalue weighted by atomic mass is 9.86. The van der Waals surface area contributed by atoms with Crippen molar-refractivity contribution in [1.29, 1.82) is 0 Å². The van der Waals surface area contributed by atoms with Gasteiger partial charge in [-0.3, -0.25) is 9.69 Å². The Morgan fingerprint density at radius 2 is 1.63 bits per heavy atom. The number of carbonyl (C=O) groups excluding carboxylic acids is 1. The Balaban J connectivity index is 0.00000231. The molecule has 2 aliphatic heterocycles. The minimum atomic E-state index is -1.25. The van der Waals surface area contributed by atoms with Gasteiger partial charge in [-0.2, -0.15) is 0 Å². The van der Waals surface area contributed by atoms with Gasteiger partial charge in [-0.1, -0.05) is 24.6 Å². The van der Waals surface area contributed by atoms with Crippen LogP contribution in [0.5, 0.6) is 11.5 Å². The van der Waals surface area contributed by atoms with E-state index in [4.69, 9.17) is 4.74 Å². The van der Waals surface area contributed by atoms with Crippen molar-refractivity contribution in [2.45, 2.75) is 57.5 Å². The van der Waals surface area contributed by atoms with Crippen molar-refractivity contribution < 1.29 is 22.7 Å². The number of nitrogens with zero attached hydrogens (tertiary/aromatic N) is 1. The lowest BCUT2D eigenvalue weighted by Crippen LogP contribution is -2.43. The molecule has 10 heteroatoms. The highest BCUT2D eigenvalue weighted by Gasteiger charge is 2.24. The van der Waals surface area contributed by atoms with Crippen LogP contribution >= 0.6 is 24.8 Å².